The van der Waals surface area contributed by atoms with Crippen LogP contribution in [0.1, 0.15) is 31.2 Å². The third kappa shape index (κ3) is 2.56. The van der Waals surface area contributed by atoms with E-state index < -0.39 is 5.54 Å². The monoisotopic (exact) mass is 244 g/mol. The van der Waals surface area contributed by atoms with Gasteiger partial charge in [-0.2, -0.15) is 0 Å². The van der Waals surface area contributed by atoms with Gasteiger partial charge in [0, 0.05) is 6.04 Å². The Morgan fingerprint density at radius 2 is 2.00 bits per heavy atom. The van der Waals surface area contributed by atoms with Crippen LogP contribution in [0.3, 0.4) is 0 Å². The average Bonchev–Trinajstić information content (AvgIpc) is 3.24. The highest BCUT2D eigenvalue weighted by atomic mass is 16.2. The molecule has 0 bridgehead atoms. The van der Waals surface area contributed by atoms with Crippen LogP contribution in [0.2, 0.25) is 0 Å². The highest BCUT2D eigenvalue weighted by molar-refractivity contribution is 5.89. The first-order chi connectivity index (χ1) is 8.67. The Balaban J connectivity index is 1.64. The summed E-state index contributed by atoms with van der Waals surface area (Å²) in [4.78, 5) is 12.0. The minimum Gasteiger partial charge on any atom is -0.351 e. The molecule has 3 rings (SSSR count). The number of carbonyl (C=O) groups excluding carboxylic acids is 1. The number of nitrogens with two attached hydrogens (primary N) is 1. The van der Waals surface area contributed by atoms with Crippen molar-refractivity contribution in [2.75, 3.05) is 0 Å². The van der Waals surface area contributed by atoms with Gasteiger partial charge >= 0.3 is 0 Å². The Morgan fingerprint density at radius 3 is 2.56 bits per heavy atom. The zero-order valence-corrected chi connectivity index (χ0v) is 10.6. The van der Waals surface area contributed by atoms with E-state index >= 15 is 0 Å². The third-order valence-corrected chi connectivity index (χ3v) is 4.05. The van der Waals surface area contributed by atoms with Gasteiger partial charge in [0.15, 0.2) is 0 Å². The molecule has 3 N–H and O–H groups in total. The fourth-order valence-corrected chi connectivity index (χ4v) is 2.38. The Bertz CT molecular complexity index is 435. The van der Waals surface area contributed by atoms with Crippen molar-refractivity contribution >= 4 is 5.91 Å². The van der Waals surface area contributed by atoms with E-state index in [0.717, 1.165) is 19.3 Å². The van der Waals surface area contributed by atoms with Crippen molar-refractivity contribution in [2.45, 2.75) is 43.7 Å². The number of benzene rings is 1. The van der Waals surface area contributed by atoms with Gasteiger partial charge in [-0.25, -0.2) is 0 Å². The Labute approximate surface area is 108 Å². The first-order valence-corrected chi connectivity index (χ1v) is 6.81. The molecule has 0 aliphatic heterocycles. The lowest BCUT2D eigenvalue weighted by Crippen LogP contribution is -2.48. The molecule has 1 aromatic carbocycles. The lowest BCUT2D eigenvalue weighted by Gasteiger charge is -2.20. The van der Waals surface area contributed by atoms with Crippen molar-refractivity contribution in [1.29, 1.82) is 0 Å². The molecule has 0 radical (unpaired) electrons. The second-order valence-corrected chi connectivity index (χ2v) is 5.76. The normalized spacial score (nSPS) is 22.3. The maximum Gasteiger partial charge on any atom is 0.240 e. The Morgan fingerprint density at radius 1 is 1.33 bits per heavy atom. The highest BCUT2D eigenvalue weighted by Crippen LogP contribution is 2.36. The van der Waals surface area contributed by atoms with Gasteiger partial charge in [0.05, 0.1) is 5.54 Å². The highest BCUT2D eigenvalue weighted by Gasteiger charge is 2.47. The van der Waals surface area contributed by atoms with Crippen LogP contribution in [-0.2, 0) is 11.2 Å². The first kappa shape index (κ1) is 11.7. The molecule has 1 atom stereocenters. The molecule has 3 nitrogen and oxygen atoms in total. The van der Waals surface area contributed by atoms with Crippen molar-refractivity contribution in [3.05, 3.63) is 35.9 Å². The molecule has 0 spiro atoms. The smallest absolute Gasteiger partial charge is 0.240 e. The molecular weight excluding hydrogens is 224 g/mol. The molecule has 2 fully saturated rings. The molecular formula is C15H20N2O. The average molecular weight is 244 g/mol. The summed E-state index contributed by atoms with van der Waals surface area (Å²) >= 11 is 0. The molecule has 1 unspecified atom stereocenters. The van der Waals surface area contributed by atoms with E-state index in [0.29, 0.717) is 5.92 Å². The molecule has 0 aromatic heterocycles. The van der Waals surface area contributed by atoms with Crippen LogP contribution in [0.15, 0.2) is 30.3 Å². The van der Waals surface area contributed by atoms with Gasteiger partial charge < -0.3 is 11.1 Å². The van der Waals surface area contributed by atoms with E-state index in [2.05, 4.69) is 17.4 Å². The summed E-state index contributed by atoms with van der Waals surface area (Å²) in [6, 6.07) is 10.6. The number of carbonyl (C=O) groups is 1. The van der Waals surface area contributed by atoms with Gasteiger partial charge in [-0.3, -0.25) is 4.79 Å². The summed E-state index contributed by atoms with van der Waals surface area (Å²) in [7, 11) is 0. The van der Waals surface area contributed by atoms with Crippen molar-refractivity contribution < 1.29 is 4.79 Å². The molecule has 2 aliphatic rings. The summed E-state index contributed by atoms with van der Waals surface area (Å²) in [6.45, 7) is 0. The molecule has 0 saturated heterocycles. The molecule has 2 saturated carbocycles. The van der Waals surface area contributed by atoms with E-state index in [4.69, 9.17) is 5.73 Å². The fraction of sp³-hybridized carbons (Fsp3) is 0.533. The second kappa shape index (κ2) is 4.39. The van der Waals surface area contributed by atoms with Crippen LogP contribution in [0.4, 0.5) is 0 Å². The molecule has 0 heterocycles. The number of hydrogen-bond acceptors (Lipinski definition) is 2. The Kier molecular flexibility index (Phi) is 2.86. The molecule has 18 heavy (non-hydrogen) atoms. The van der Waals surface area contributed by atoms with E-state index in [1.165, 1.54) is 18.4 Å². The van der Waals surface area contributed by atoms with Gasteiger partial charge in [-0.1, -0.05) is 30.3 Å². The third-order valence-electron chi connectivity index (χ3n) is 4.05. The van der Waals surface area contributed by atoms with Crippen molar-refractivity contribution in [3.63, 3.8) is 0 Å². The maximum atomic E-state index is 12.0. The van der Waals surface area contributed by atoms with Gasteiger partial charge in [0.25, 0.3) is 0 Å². The zero-order chi connectivity index (χ0) is 12.6. The van der Waals surface area contributed by atoms with Crippen LogP contribution in [0.5, 0.6) is 0 Å². The largest absolute Gasteiger partial charge is 0.351 e. The van der Waals surface area contributed by atoms with Crippen LogP contribution in [0.25, 0.3) is 0 Å². The predicted octanol–water partition coefficient (Wildman–Crippen LogP) is 1.62. The van der Waals surface area contributed by atoms with Crippen molar-refractivity contribution in [3.8, 4) is 0 Å². The Hall–Kier alpha value is -1.35. The maximum absolute atomic E-state index is 12.0. The number of rotatable bonds is 5. The van der Waals surface area contributed by atoms with Crippen molar-refractivity contribution in [1.82, 2.24) is 5.32 Å². The van der Waals surface area contributed by atoms with Gasteiger partial charge in [0.1, 0.15) is 0 Å². The second-order valence-electron chi connectivity index (χ2n) is 5.76. The van der Waals surface area contributed by atoms with Crippen LogP contribution >= 0.6 is 0 Å². The number of hydrogen-bond donors (Lipinski definition) is 2. The zero-order valence-electron chi connectivity index (χ0n) is 10.6. The lowest BCUT2D eigenvalue weighted by molar-refractivity contribution is -0.124. The van der Waals surface area contributed by atoms with Crippen molar-refractivity contribution in [2.24, 2.45) is 11.7 Å². The SMILES string of the molecule is NC1(C(=O)NC(Cc2ccccc2)C2CC2)CC1. The minimum absolute atomic E-state index is 0.0512. The van der Waals surface area contributed by atoms with Gasteiger partial charge in [-0.15, -0.1) is 0 Å². The molecule has 1 amide bonds. The summed E-state index contributed by atoms with van der Waals surface area (Å²) in [5, 5.41) is 3.17. The van der Waals surface area contributed by atoms with E-state index in [-0.39, 0.29) is 11.9 Å². The molecule has 3 heteroatoms. The summed E-state index contributed by atoms with van der Waals surface area (Å²) in [6.07, 6.45) is 5.06. The van der Waals surface area contributed by atoms with E-state index in [1.54, 1.807) is 0 Å². The topological polar surface area (TPSA) is 55.1 Å². The summed E-state index contributed by atoms with van der Waals surface area (Å²) in [5.41, 5.74) is 6.68. The van der Waals surface area contributed by atoms with Crippen LogP contribution in [0, 0.1) is 5.92 Å². The van der Waals surface area contributed by atoms with E-state index in [1.807, 2.05) is 18.2 Å². The standard InChI is InChI=1S/C15H20N2O/c16-15(8-9-15)14(18)17-13(12-6-7-12)10-11-4-2-1-3-5-11/h1-5,12-13H,6-10,16H2,(H,17,18). The fourth-order valence-electron chi connectivity index (χ4n) is 2.38. The number of nitrogens with one attached hydrogen (secondary N) is 1. The molecule has 2 aliphatic carbocycles. The first-order valence-electron chi connectivity index (χ1n) is 6.81. The van der Waals surface area contributed by atoms with Gasteiger partial charge in [0.2, 0.25) is 5.91 Å². The summed E-state index contributed by atoms with van der Waals surface area (Å²) < 4.78 is 0. The molecule has 96 valence electrons. The number of amides is 1. The van der Waals surface area contributed by atoms with Crippen LogP contribution < -0.4 is 11.1 Å². The lowest BCUT2D eigenvalue weighted by atomic mass is 10.0. The van der Waals surface area contributed by atoms with Gasteiger partial charge in [-0.05, 0) is 43.6 Å². The van der Waals surface area contributed by atoms with E-state index in [9.17, 15) is 4.79 Å². The minimum atomic E-state index is -0.552. The summed E-state index contributed by atoms with van der Waals surface area (Å²) in [5.74, 6) is 0.701. The van der Waals surface area contributed by atoms with Crippen LogP contribution in [-0.4, -0.2) is 17.5 Å². The molecule has 1 aromatic rings. The quantitative estimate of drug-likeness (QED) is 0.827. The predicted molar refractivity (Wildman–Crippen MR) is 71.0 cm³/mol.